The van der Waals surface area contributed by atoms with Crippen LogP contribution >= 0.6 is 11.3 Å². The second kappa shape index (κ2) is 12.9. The molecule has 0 aliphatic carbocycles. The normalized spacial score (nSPS) is 15.7. The Bertz CT molecular complexity index is 1850. The average Bonchev–Trinajstić information content (AvgIpc) is 3.65. The summed E-state index contributed by atoms with van der Waals surface area (Å²) in [7, 11) is 0. The Morgan fingerprint density at radius 1 is 1.06 bits per heavy atom. The van der Waals surface area contributed by atoms with Gasteiger partial charge in [-0.25, -0.2) is 14.6 Å². The number of urea groups is 1. The van der Waals surface area contributed by atoms with E-state index in [4.69, 9.17) is 9.47 Å². The summed E-state index contributed by atoms with van der Waals surface area (Å²) >= 11 is 1.20. The first kappa shape index (κ1) is 31.8. The fraction of sp³-hybridized carbons (Fsp3) is 0.324. The highest BCUT2D eigenvalue weighted by atomic mass is 32.1. The van der Waals surface area contributed by atoms with Crippen LogP contribution in [-0.4, -0.2) is 66.1 Å². The van der Waals surface area contributed by atoms with Gasteiger partial charge in [-0.3, -0.25) is 14.5 Å². The number of nitrogens with one attached hydrogen (secondary N) is 3. The molecule has 47 heavy (non-hydrogen) atoms. The van der Waals surface area contributed by atoms with E-state index in [0.29, 0.717) is 63.2 Å². The third-order valence-electron chi connectivity index (χ3n) is 7.74. The third kappa shape index (κ3) is 6.99. The van der Waals surface area contributed by atoms with Crippen molar-refractivity contribution in [1.82, 2.24) is 20.5 Å². The molecule has 4 heterocycles. The first-order chi connectivity index (χ1) is 22.5. The van der Waals surface area contributed by atoms with Crippen molar-refractivity contribution in [3.63, 3.8) is 0 Å². The Kier molecular flexibility index (Phi) is 8.74. The number of aryl methyl sites for hydroxylation is 1. The summed E-state index contributed by atoms with van der Waals surface area (Å²) in [4.78, 5) is 60.4. The predicted molar refractivity (Wildman–Crippen MR) is 180 cm³/mol. The van der Waals surface area contributed by atoms with Gasteiger partial charge in [-0.1, -0.05) is 39.0 Å². The molecule has 1 atom stereocenters. The molecule has 2 aromatic carbocycles. The zero-order valence-electron chi connectivity index (χ0n) is 26.6. The van der Waals surface area contributed by atoms with Crippen LogP contribution in [0.15, 0.2) is 60.8 Å². The molecular weight excluding hydrogens is 620 g/mol. The van der Waals surface area contributed by atoms with Crippen LogP contribution in [0, 0.1) is 12.3 Å². The first-order valence-corrected chi connectivity index (χ1v) is 16.1. The number of carbonyl (C=O) groups is 4. The zero-order chi connectivity index (χ0) is 33.3. The van der Waals surface area contributed by atoms with Gasteiger partial charge >= 0.3 is 12.1 Å². The third-order valence-corrected chi connectivity index (χ3v) is 8.83. The van der Waals surface area contributed by atoms with Crippen molar-refractivity contribution in [3.05, 3.63) is 71.2 Å². The summed E-state index contributed by atoms with van der Waals surface area (Å²) in [5.41, 5.74) is 2.35. The van der Waals surface area contributed by atoms with Crippen LogP contribution in [0.4, 0.5) is 26.7 Å². The molecule has 0 radical (unpaired) electrons. The zero-order valence-corrected chi connectivity index (χ0v) is 27.4. The highest BCUT2D eigenvalue weighted by Gasteiger charge is 2.35. The lowest BCUT2D eigenvalue weighted by atomic mass is 9.99. The first-order valence-electron chi connectivity index (χ1n) is 15.3. The molecule has 2 aromatic heterocycles. The van der Waals surface area contributed by atoms with Crippen molar-refractivity contribution < 1.29 is 28.7 Å². The maximum atomic E-state index is 13.6. The highest BCUT2D eigenvalue weighted by molar-refractivity contribution is 7.21. The number of benzene rings is 2. The van der Waals surface area contributed by atoms with Crippen molar-refractivity contribution in [1.29, 1.82) is 0 Å². The number of pyridine rings is 1. The van der Waals surface area contributed by atoms with Gasteiger partial charge in [0, 0.05) is 25.3 Å². The molecule has 2 aliphatic heterocycles. The lowest BCUT2D eigenvalue weighted by Crippen LogP contribution is -2.42. The van der Waals surface area contributed by atoms with Crippen LogP contribution in [0.1, 0.15) is 42.4 Å². The number of alkyl carbamates (subject to hydrolysis) is 1. The van der Waals surface area contributed by atoms with Crippen molar-refractivity contribution in [3.8, 4) is 11.5 Å². The minimum absolute atomic E-state index is 0.182. The molecule has 2 aliphatic rings. The van der Waals surface area contributed by atoms with E-state index in [0.717, 1.165) is 5.56 Å². The molecule has 0 unspecified atom stereocenters. The number of ether oxygens (including phenoxy) is 2. The molecule has 0 bridgehead atoms. The molecule has 244 valence electrons. The monoisotopic (exact) mass is 656 g/mol. The van der Waals surface area contributed by atoms with Crippen LogP contribution in [0.25, 0.3) is 10.2 Å². The number of nitrogens with zero attached hydrogens (tertiary/aromatic N) is 3. The fourth-order valence-corrected chi connectivity index (χ4v) is 6.52. The van der Waals surface area contributed by atoms with Crippen molar-refractivity contribution in [2.24, 2.45) is 5.41 Å². The number of para-hydroxylation sites is 1. The van der Waals surface area contributed by atoms with Crippen LogP contribution in [-0.2, 0) is 9.53 Å². The van der Waals surface area contributed by atoms with E-state index in [1.54, 1.807) is 22.1 Å². The van der Waals surface area contributed by atoms with E-state index in [1.807, 2.05) is 76.2 Å². The molecule has 6 rings (SSSR count). The minimum atomic E-state index is -0.645. The quantitative estimate of drug-likeness (QED) is 0.206. The molecule has 4 aromatic rings. The predicted octanol–water partition coefficient (Wildman–Crippen LogP) is 6.18. The Hall–Kier alpha value is -5.17. The van der Waals surface area contributed by atoms with Crippen LogP contribution in [0.3, 0.4) is 0 Å². The molecule has 13 heteroatoms. The summed E-state index contributed by atoms with van der Waals surface area (Å²) in [6.45, 7) is 8.52. The molecule has 1 saturated heterocycles. The van der Waals surface area contributed by atoms with Crippen LogP contribution in [0.5, 0.6) is 11.5 Å². The maximum absolute atomic E-state index is 13.6. The van der Waals surface area contributed by atoms with Crippen molar-refractivity contribution in [2.45, 2.75) is 40.2 Å². The van der Waals surface area contributed by atoms with Gasteiger partial charge in [-0.15, -0.1) is 11.3 Å². The van der Waals surface area contributed by atoms with Crippen LogP contribution in [0.2, 0.25) is 0 Å². The summed E-state index contributed by atoms with van der Waals surface area (Å²) in [5, 5.41) is 9.12. The number of hydrogen-bond acceptors (Lipinski definition) is 8. The summed E-state index contributed by atoms with van der Waals surface area (Å²) in [6.07, 6.45) is 1.54. The summed E-state index contributed by atoms with van der Waals surface area (Å²) in [5.74, 6) is 0.738. The number of thiophene rings is 1. The topological polar surface area (TPSA) is 142 Å². The van der Waals surface area contributed by atoms with Gasteiger partial charge in [0.05, 0.1) is 29.1 Å². The Balaban J connectivity index is 1.13. The largest absolute Gasteiger partial charge is 0.457 e. The number of hydrogen-bond donors (Lipinski definition) is 3. The number of amides is 5. The number of rotatable bonds is 8. The van der Waals surface area contributed by atoms with Gasteiger partial charge in [0.15, 0.2) is 0 Å². The SMILES string of the molecule is Cc1cc(Oc2ccccc2)ccc1N1C(=O)Nc2c(C(=O)N[C@@H]3CCN(C(=O)CNC(=O)OCC(C)(C)C)C3)sc3nccc1c23. The minimum Gasteiger partial charge on any atom is -0.457 e. The van der Waals surface area contributed by atoms with E-state index in [1.165, 1.54) is 11.3 Å². The standard InChI is InChI=1S/C34H36N6O6S/c1-20-16-23(46-22-8-6-5-7-9-22)10-11-24(20)40-25-12-14-35-31-27(25)28(38-32(40)43)29(47-31)30(42)37-21-13-15-39(18-21)26(41)17-36-33(44)45-19-34(2,3)4/h5-12,14,16,21H,13,15,17-19H2,1-4H3,(H,36,44)(H,37,42)(H,38,43)/t21-/m1/s1. The van der Waals surface area contributed by atoms with Crippen LogP contribution < -0.4 is 25.6 Å². The smallest absolute Gasteiger partial charge is 0.407 e. The fourth-order valence-electron chi connectivity index (χ4n) is 5.50. The lowest BCUT2D eigenvalue weighted by molar-refractivity contribution is -0.129. The second-order valence-corrected chi connectivity index (χ2v) is 13.7. The van der Waals surface area contributed by atoms with Gasteiger partial charge in [-0.2, -0.15) is 0 Å². The number of carbonyl (C=O) groups excluding carboxylic acids is 4. The molecule has 0 spiro atoms. The summed E-state index contributed by atoms with van der Waals surface area (Å²) < 4.78 is 11.1. The van der Waals surface area contributed by atoms with Crippen molar-refractivity contribution >= 4 is 62.6 Å². The molecule has 0 saturated carbocycles. The van der Waals surface area contributed by atoms with E-state index in [-0.39, 0.29) is 36.4 Å². The number of anilines is 3. The number of likely N-dealkylation sites (tertiary alicyclic amines) is 1. The second-order valence-electron chi connectivity index (χ2n) is 12.7. The highest BCUT2D eigenvalue weighted by Crippen LogP contribution is 2.46. The van der Waals surface area contributed by atoms with Crippen molar-refractivity contribution in [2.75, 3.05) is 36.5 Å². The van der Waals surface area contributed by atoms with E-state index in [2.05, 4.69) is 20.9 Å². The van der Waals surface area contributed by atoms with E-state index >= 15 is 0 Å². The van der Waals surface area contributed by atoms with E-state index < -0.39 is 12.1 Å². The molecule has 3 N–H and O–H groups in total. The molecule has 1 fully saturated rings. The molecule has 12 nitrogen and oxygen atoms in total. The Morgan fingerprint density at radius 2 is 1.85 bits per heavy atom. The van der Waals surface area contributed by atoms with Gasteiger partial charge in [-0.05, 0) is 60.7 Å². The maximum Gasteiger partial charge on any atom is 0.407 e. The molecular formula is C34H36N6O6S. The van der Waals surface area contributed by atoms with Gasteiger partial charge < -0.3 is 30.3 Å². The van der Waals surface area contributed by atoms with E-state index in [9.17, 15) is 19.2 Å². The lowest BCUT2D eigenvalue weighted by Gasteiger charge is -2.29. The molecule has 5 amide bonds. The Morgan fingerprint density at radius 3 is 2.60 bits per heavy atom. The van der Waals surface area contributed by atoms with Gasteiger partial charge in [0.1, 0.15) is 27.8 Å². The number of aromatic nitrogens is 1. The summed E-state index contributed by atoms with van der Waals surface area (Å²) in [6, 6.07) is 16.1. The Labute approximate surface area is 276 Å². The van der Waals surface area contributed by atoms with Gasteiger partial charge in [0.2, 0.25) is 5.91 Å². The average molecular weight is 657 g/mol. The van der Waals surface area contributed by atoms with Gasteiger partial charge in [0.25, 0.3) is 5.91 Å².